The van der Waals surface area contributed by atoms with E-state index in [0.29, 0.717) is 50.8 Å². The summed E-state index contributed by atoms with van der Waals surface area (Å²) in [6.45, 7) is 3.37. The van der Waals surface area contributed by atoms with Crippen LogP contribution in [0.3, 0.4) is 0 Å². The van der Waals surface area contributed by atoms with Crippen LogP contribution >= 0.6 is 0 Å². The molecule has 2 aliphatic rings. The number of aromatic nitrogens is 2. The van der Waals surface area contributed by atoms with Gasteiger partial charge in [0.05, 0.1) is 24.6 Å². The number of rotatable bonds is 2. The Morgan fingerprint density at radius 3 is 2.72 bits per heavy atom. The van der Waals surface area contributed by atoms with Crippen LogP contribution < -0.4 is 4.90 Å². The molecule has 6 nitrogen and oxygen atoms in total. The topological polar surface area (TPSA) is 58.6 Å². The molecule has 0 atom stereocenters. The summed E-state index contributed by atoms with van der Waals surface area (Å²) in [4.78, 5) is 16.4. The Labute approximate surface area is 145 Å². The molecule has 1 fully saturated rings. The first-order valence-electron chi connectivity index (χ1n) is 8.44. The highest BCUT2D eigenvalue weighted by Crippen LogP contribution is 2.21. The number of anilines is 1. The summed E-state index contributed by atoms with van der Waals surface area (Å²) in [5.74, 6) is -0.364. The van der Waals surface area contributed by atoms with Gasteiger partial charge in [-0.25, -0.2) is 4.39 Å². The smallest absolute Gasteiger partial charge is 0.274 e. The molecule has 1 saturated heterocycles. The zero-order chi connectivity index (χ0) is 17.2. The Balaban J connectivity index is 1.44. The number of nitrogens with zero attached hydrogens (tertiary/aromatic N) is 4. The lowest BCUT2D eigenvalue weighted by atomic mass is 10.1. The molecule has 25 heavy (non-hydrogen) atoms. The van der Waals surface area contributed by atoms with E-state index >= 15 is 0 Å². The molecule has 4 rings (SSSR count). The van der Waals surface area contributed by atoms with Crippen LogP contribution in [0, 0.1) is 5.82 Å². The molecule has 7 heteroatoms. The lowest BCUT2D eigenvalue weighted by molar-refractivity contribution is 0.0737. The summed E-state index contributed by atoms with van der Waals surface area (Å²) in [5.41, 5.74) is 2.78. The van der Waals surface area contributed by atoms with E-state index in [9.17, 15) is 9.18 Å². The molecule has 0 unspecified atom stereocenters. The van der Waals surface area contributed by atoms with Crippen molar-refractivity contribution in [2.75, 3.05) is 37.7 Å². The predicted octanol–water partition coefficient (Wildman–Crippen LogP) is 1.65. The molecule has 2 aliphatic heterocycles. The standard InChI is InChI=1S/C18H19FN4O2/c19-14-3-1-2-4-17(14)22-6-8-23(9-7-22)18(24)16-11-13-12-25-10-5-15(13)20-21-16/h1-4,11H,5-10,12H2. The Kier molecular flexibility index (Phi) is 4.31. The van der Waals surface area contributed by atoms with Crippen LogP contribution in [-0.4, -0.2) is 53.8 Å². The van der Waals surface area contributed by atoms with E-state index < -0.39 is 0 Å². The maximum Gasteiger partial charge on any atom is 0.274 e. The van der Waals surface area contributed by atoms with Crippen LogP contribution in [0.25, 0.3) is 0 Å². The highest BCUT2D eigenvalue weighted by molar-refractivity contribution is 5.92. The van der Waals surface area contributed by atoms with Crippen molar-refractivity contribution in [3.05, 3.63) is 53.1 Å². The van der Waals surface area contributed by atoms with Gasteiger partial charge in [0.25, 0.3) is 5.91 Å². The van der Waals surface area contributed by atoms with Crippen molar-refractivity contribution in [3.63, 3.8) is 0 Å². The number of carbonyl (C=O) groups excluding carboxylic acids is 1. The van der Waals surface area contributed by atoms with Crippen molar-refractivity contribution in [2.45, 2.75) is 13.0 Å². The minimum atomic E-state index is -0.233. The Morgan fingerprint density at radius 1 is 1.12 bits per heavy atom. The minimum Gasteiger partial charge on any atom is -0.376 e. The zero-order valence-corrected chi connectivity index (χ0v) is 13.8. The van der Waals surface area contributed by atoms with Crippen LogP contribution in [0.4, 0.5) is 10.1 Å². The second-order valence-electron chi connectivity index (χ2n) is 6.23. The normalized spacial score (nSPS) is 17.3. The van der Waals surface area contributed by atoms with Crippen LogP contribution in [0.1, 0.15) is 21.7 Å². The number of fused-ring (bicyclic) bond motifs is 1. The quantitative estimate of drug-likeness (QED) is 0.831. The summed E-state index contributed by atoms with van der Waals surface area (Å²) >= 11 is 0. The van der Waals surface area contributed by atoms with Gasteiger partial charge in [0.1, 0.15) is 5.82 Å². The molecule has 2 aromatic rings. The third-order valence-corrected chi connectivity index (χ3v) is 4.68. The average Bonchev–Trinajstić information content (AvgIpc) is 2.67. The van der Waals surface area contributed by atoms with Crippen molar-refractivity contribution in [1.29, 1.82) is 0 Å². The number of amides is 1. The minimum absolute atomic E-state index is 0.131. The van der Waals surface area contributed by atoms with Gasteiger partial charge in [-0.1, -0.05) is 12.1 Å². The molecule has 0 aliphatic carbocycles. The van der Waals surface area contributed by atoms with Crippen molar-refractivity contribution < 1.29 is 13.9 Å². The van der Waals surface area contributed by atoms with Crippen LogP contribution in [-0.2, 0) is 17.8 Å². The third-order valence-electron chi connectivity index (χ3n) is 4.68. The number of para-hydroxylation sites is 1. The first kappa shape index (κ1) is 16.0. The van der Waals surface area contributed by atoms with Crippen LogP contribution in [0.2, 0.25) is 0 Å². The third kappa shape index (κ3) is 3.19. The number of halogens is 1. The average molecular weight is 342 g/mol. The summed E-state index contributed by atoms with van der Waals surface area (Å²) in [5, 5.41) is 8.26. The maximum atomic E-state index is 13.9. The van der Waals surface area contributed by atoms with E-state index in [1.807, 2.05) is 11.0 Å². The molecule has 0 spiro atoms. The second-order valence-corrected chi connectivity index (χ2v) is 6.23. The van der Waals surface area contributed by atoms with Crippen molar-refractivity contribution in [2.24, 2.45) is 0 Å². The van der Waals surface area contributed by atoms with Crippen molar-refractivity contribution in [3.8, 4) is 0 Å². The Hall–Kier alpha value is -2.54. The highest BCUT2D eigenvalue weighted by Gasteiger charge is 2.25. The van der Waals surface area contributed by atoms with E-state index in [-0.39, 0.29) is 11.7 Å². The molecule has 3 heterocycles. The van der Waals surface area contributed by atoms with Gasteiger partial charge >= 0.3 is 0 Å². The SMILES string of the molecule is O=C(c1cc2c(nn1)CCOC2)N1CCN(c2ccccc2F)CC1. The van der Waals surface area contributed by atoms with Gasteiger partial charge in [-0.05, 0) is 18.2 Å². The Bertz CT molecular complexity index is 790. The van der Waals surface area contributed by atoms with Gasteiger partial charge in [0.15, 0.2) is 5.69 Å². The molecule has 0 bridgehead atoms. The van der Waals surface area contributed by atoms with Gasteiger partial charge < -0.3 is 14.5 Å². The first-order chi connectivity index (χ1) is 12.2. The van der Waals surface area contributed by atoms with E-state index in [1.54, 1.807) is 23.1 Å². The number of hydrogen-bond acceptors (Lipinski definition) is 5. The zero-order valence-electron chi connectivity index (χ0n) is 13.8. The summed E-state index contributed by atoms with van der Waals surface area (Å²) < 4.78 is 19.3. The fourth-order valence-corrected chi connectivity index (χ4v) is 3.27. The molecular weight excluding hydrogens is 323 g/mol. The van der Waals surface area contributed by atoms with E-state index in [0.717, 1.165) is 17.7 Å². The largest absolute Gasteiger partial charge is 0.376 e. The van der Waals surface area contributed by atoms with Gasteiger partial charge in [0.2, 0.25) is 0 Å². The first-order valence-corrected chi connectivity index (χ1v) is 8.44. The van der Waals surface area contributed by atoms with Crippen LogP contribution in [0.15, 0.2) is 30.3 Å². The van der Waals surface area contributed by atoms with Crippen molar-refractivity contribution in [1.82, 2.24) is 15.1 Å². The van der Waals surface area contributed by atoms with Gasteiger partial charge in [-0.15, -0.1) is 5.10 Å². The molecular formula is C18H19FN4O2. The maximum absolute atomic E-state index is 13.9. The molecule has 1 amide bonds. The lowest BCUT2D eigenvalue weighted by Crippen LogP contribution is -2.49. The van der Waals surface area contributed by atoms with Gasteiger partial charge in [0, 0.05) is 38.2 Å². The molecule has 1 aromatic heterocycles. The summed E-state index contributed by atoms with van der Waals surface area (Å²) in [7, 11) is 0. The molecule has 1 aromatic carbocycles. The Morgan fingerprint density at radius 2 is 1.92 bits per heavy atom. The van der Waals surface area contributed by atoms with E-state index in [4.69, 9.17) is 4.74 Å². The monoisotopic (exact) mass is 342 g/mol. The number of carbonyl (C=O) groups is 1. The number of hydrogen-bond donors (Lipinski definition) is 0. The van der Waals surface area contributed by atoms with E-state index in [1.165, 1.54) is 6.07 Å². The van der Waals surface area contributed by atoms with Gasteiger partial charge in [-0.3, -0.25) is 4.79 Å². The number of piperazine rings is 1. The molecule has 0 saturated carbocycles. The van der Waals surface area contributed by atoms with Crippen molar-refractivity contribution >= 4 is 11.6 Å². The second kappa shape index (κ2) is 6.76. The fraction of sp³-hybridized carbons (Fsp3) is 0.389. The molecule has 0 radical (unpaired) electrons. The fourth-order valence-electron chi connectivity index (χ4n) is 3.27. The predicted molar refractivity (Wildman–Crippen MR) is 89.9 cm³/mol. The molecule has 0 N–H and O–H groups in total. The highest BCUT2D eigenvalue weighted by atomic mass is 19.1. The van der Waals surface area contributed by atoms with Crippen LogP contribution in [0.5, 0.6) is 0 Å². The number of ether oxygens (including phenoxy) is 1. The lowest BCUT2D eigenvalue weighted by Gasteiger charge is -2.36. The van der Waals surface area contributed by atoms with E-state index in [2.05, 4.69) is 10.2 Å². The molecule has 130 valence electrons. The van der Waals surface area contributed by atoms with Gasteiger partial charge in [-0.2, -0.15) is 5.10 Å². The summed E-state index contributed by atoms with van der Waals surface area (Å²) in [6, 6.07) is 8.50. The number of benzene rings is 1. The summed E-state index contributed by atoms with van der Waals surface area (Å²) in [6.07, 6.45) is 0.734.